The molecular weight excluding hydrogens is 244 g/mol. The average molecular weight is 257 g/mol. The second-order valence-corrected chi connectivity index (χ2v) is 3.95. The van der Waals surface area contributed by atoms with Crippen LogP contribution in [0.2, 0.25) is 0 Å². The van der Waals surface area contributed by atoms with Gasteiger partial charge in [0, 0.05) is 5.33 Å². The first-order chi connectivity index (χ1) is 6.63. The fourth-order valence-corrected chi connectivity index (χ4v) is 1.58. The van der Waals surface area contributed by atoms with Crippen LogP contribution in [-0.2, 0) is 16.5 Å². The van der Waals surface area contributed by atoms with Crippen molar-refractivity contribution in [2.75, 3.05) is 0 Å². The highest BCUT2D eigenvalue weighted by molar-refractivity contribution is 9.08. The van der Waals surface area contributed by atoms with Gasteiger partial charge in [-0.2, -0.15) is 0 Å². The van der Waals surface area contributed by atoms with E-state index in [1.54, 1.807) is 6.92 Å². The average Bonchev–Trinajstić information content (AvgIpc) is 2.19. The largest absolute Gasteiger partial charge is 0.481 e. The quantitative estimate of drug-likeness (QED) is 0.842. The van der Waals surface area contributed by atoms with E-state index in [1.165, 1.54) is 5.56 Å². The molecule has 2 nitrogen and oxygen atoms in total. The van der Waals surface area contributed by atoms with Crippen LogP contribution >= 0.6 is 15.9 Å². The third-order valence-electron chi connectivity index (χ3n) is 2.14. The van der Waals surface area contributed by atoms with Crippen molar-refractivity contribution in [2.45, 2.75) is 18.7 Å². The number of aliphatic carboxylic acids is 1. The molecule has 1 unspecified atom stereocenters. The Morgan fingerprint density at radius 3 is 2.29 bits per heavy atom. The molecule has 0 aromatic heterocycles. The third-order valence-corrected chi connectivity index (χ3v) is 2.79. The molecule has 3 heteroatoms. The molecule has 1 N–H and O–H groups in total. The van der Waals surface area contributed by atoms with Gasteiger partial charge in [-0.1, -0.05) is 47.1 Å². The van der Waals surface area contributed by atoms with Gasteiger partial charge in [0.05, 0.1) is 5.92 Å². The molecule has 0 bridgehead atoms. The summed E-state index contributed by atoms with van der Waals surface area (Å²) in [6.07, 6.45) is 0.595. The minimum Gasteiger partial charge on any atom is -0.481 e. The number of carboxylic acids is 1. The fraction of sp³-hybridized carbons (Fsp3) is 0.364. The van der Waals surface area contributed by atoms with E-state index in [4.69, 9.17) is 5.11 Å². The zero-order valence-corrected chi connectivity index (χ0v) is 9.62. The van der Waals surface area contributed by atoms with Crippen LogP contribution < -0.4 is 0 Å². The van der Waals surface area contributed by atoms with Gasteiger partial charge >= 0.3 is 5.97 Å². The number of carbonyl (C=O) groups is 1. The highest BCUT2D eigenvalue weighted by Crippen LogP contribution is 2.12. The first-order valence-corrected chi connectivity index (χ1v) is 5.62. The van der Waals surface area contributed by atoms with Gasteiger partial charge in [0.2, 0.25) is 0 Å². The monoisotopic (exact) mass is 256 g/mol. The number of rotatable bonds is 4. The van der Waals surface area contributed by atoms with Crippen LogP contribution in [0.3, 0.4) is 0 Å². The van der Waals surface area contributed by atoms with Crippen LogP contribution in [0.5, 0.6) is 0 Å². The van der Waals surface area contributed by atoms with Crippen molar-refractivity contribution in [2.24, 2.45) is 5.92 Å². The van der Waals surface area contributed by atoms with Crippen LogP contribution in [0.25, 0.3) is 0 Å². The highest BCUT2D eigenvalue weighted by atomic mass is 79.9. The molecule has 0 saturated carbocycles. The van der Waals surface area contributed by atoms with Gasteiger partial charge in [-0.25, -0.2) is 0 Å². The van der Waals surface area contributed by atoms with Gasteiger partial charge in [0.1, 0.15) is 0 Å². The van der Waals surface area contributed by atoms with E-state index in [1.807, 2.05) is 24.3 Å². The summed E-state index contributed by atoms with van der Waals surface area (Å²) >= 11 is 3.36. The molecule has 0 aliphatic carbocycles. The second-order valence-electron chi connectivity index (χ2n) is 3.39. The molecule has 1 rings (SSSR count). The van der Waals surface area contributed by atoms with Crippen LogP contribution in [0.15, 0.2) is 24.3 Å². The van der Waals surface area contributed by atoms with Crippen LogP contribution in [-0.4, -0.2) is 11.1 Å². The summed E-state index contributed by atoms with van der Waals surface area (Å²) in [5.41, 5.74) is 2.28. The van der Waals surface area contributed by atoms with Crippen molar-refractivity contribution in [1.29, 1.82) is 0 Å². The molecule has 0 aliphatic rings. The maximum Gasteiger partial charge on any atom is 0.306 e. The summed E-state index contributed by atoms with van der Waals surface area (Å²) in [5, 5.41) is 9.57. The van der Waals surface area contributed by atoms with E-state index in [2.05, 4.69) is 15.9 Å². The molecule has 0 aliphatic heterocycles. The molecule has 1 aromatic rings. The summed E-state index contributed by atoms with van der Waals surface area (Å²) in [5.74, 6) is -1.06. The van der Waals surface area contributed by atoms with Gasteiger partial charge in [0.15, 0.2) is 0 Å². The number of alkyl halides is 1. The third kappa shape index (κ3) is 3.14. The smallest absolute Gasteiger partial charge is 0.306 e. The SMILES string of the molecule is CC(Cc1ccc(CBr)cc1)C(=O)O. The van der Waals surface area contributed by atoms with Gasteiger partial charge < -0.3 is 5.11 Å². The number of halogens is 1. The maximum atomic E-state index is 10.6. The molecule has 14 heavy (non-hydrogen) atoms. The predicted octanol–water partition coefficient (Wildman–Crippen LogP) is 2.84. The van der Waals surface area contributed by atoms with Crippen LogP contribution in [0.1, 0.15) is 18.1 Å². The van der Waals surface area contributed by atoms with E-state index in [0.29, 0.717) is 6.42 Å². The van der Waals surface area contributed by atoms with Crippen molar-refractivity contribution in [3.8, 4) is 0 Å². The summed E-state index contributed by atoms with van der Waals surface area (Å²) < 4.78 is 0. The number of carboxylic acid groups (broad SMARTS) is 1. The van der Waals surface area contributed by atoms with Gasteiger partial charge in [-0.3, -0.25) is 4.79 Å². The zero-order valence-electron chi connectivity index (χ0n) is 8.03. The Balaban J connectivity index is 2.64. The maximum absolute atomic E-state index is 10.6. The minimum absolute atomic E-state index is 0.315. The lowest BCUT2D eigenvalue weighted by Crippen LogP contribution is -2.12. The molecule has 76 valence electrons. The first kappa shape index (κ1) is 11.2. The van der Waals surface area contributed by atoms with Crippen molar-refractivity contribution in [1.82, 2.24) is 0 Å². The van der Waals surface area contributed by atoms with Crippen LogP contribution in [0.4, 0.5) is 0 Å². The fourth-order valence-electron chi connectivity index (χ4n) is 1.21. The Hall–Kier alpha value is -0.830. The molecule has 0 spiro atoms. The summed E-state index contributed by atoms with van der Waals surface area (Å²) in [4.78, 5) is 10.6. The molecule has 1 atom stereocenters. The molecule has 0 saturated heterocycles. The highest BCUT2D eigenvalue weighted by Gasteiger charge is 2.10. The van der Waals surface area contributed by atoms with Crippen LogP contribution in [0, 0.1) is 5.92 Å². The van der Waals surface area contributed by atoms with E-state index in [-0.39, 0.29) is 5.92 Å². The standard InChI is InChI=1S/C11H13BrO2/c1-8(11(13)14)6-9-2-4-10(7-12)5-3-9/h2-5,8H,6-7H2,1H3,(H,13,14). The Morgan fingerprint density at radius 2 is 1.86 bits per heavy atom. The topological polar surface area (TPSA) is 37.3 Å². The van der Waals surface area contributed by atoms with Crippen molar-refractivity contribution in [3.63, 3.8) is 0 Å². The Kier molecular flexibility index (Phi) is 4.14. The van der Waals surface area contributed by atoms with E-state index in [0.717, 1.165) is 10.9 Å². The van der Waals surface area contributed by atoms with Crippen molar-refractivity contribution < 1.29 is 9.90 Å². The Bertz CT molecular complexity index is 306. The summed E-state index contributed by atoms with van der Waals surface area (Å²) in [7, 11) is 0. The minimum atomic E-state index is -0.741. The van der Waals surface area contributed by atoms with E-state index in [9.17, 15) is 4.79 Å². The predicted molar refractivity (Wildman–Crippen MR) is 59.6 cm³/mol. The number of benzene rings is 1. The normalized spacial score (nSPS) is 12.4. The zero-order chi connectivity index (χ0) is 10.6. The lowest BCUT2D eigenvalue weighted by molar-refractivity contribution is -0.141. The Labute approximate surface area is 92.1 Å². The summed E-state index contributed by atoms with van der Waals surface area (Å²) in [6, 6.07) is 7.99. The van der Waals surface area contributed by atoms with E-state index >= 15 is 0 Å². The van der Waals surface area contributed by atoms with Crippen molar-refractivity contribution in [3.05, 3.63) is 35.4 Å². The lowest BCUT2D eigenvalue weighted by atomic mass is 10.0. The van der Waals surface area contributed by atoms with Gasteiger partial charge in [0.25, 0.3) is 0 Å². The first-order valence-electron chi connectivity index (χ1n) is 4.50. The molecule has 0 amide bonds. The molecular formula is C11H13BrO2. The van der Waals surface area contributed by atoms with Gasteiger partial charge in [-0.05, 0) is 17.5 Å². The molecule has 1 aromatic carbocycles. The molecule has 0 heterocycles. The lowest BCUT2D eigenvalue weighted by Gasteiger charge is -2.06. The van der Waals surface area contributed by atoms with E-state index < -0.39 is 5.97 Å². The molecule has 0 fully saturated rings. The number of hydrogen-bond donors (Lipinski definition) is 1. The van der Waals surface area contributed by atoms with Gasteiger partial charge in [-0.15, -0.1) is 0 Å². The van der Waals surface area contributed by atoms with Crippen molar-refractivity contribution >= 4 is 21.9 Å². The summed E-state index contributed by atoms with van der Waals surface area (Å²) in [6.45, 7) is 1.72. The molecule has 0 radical (unpaired) electrons. The Morgan fingerprint density at radius 1 is 1.36 bits per heavy atom. The number of hydrogen-bond acceptors (Lipinski definition) is 1. The second kappa shape index (κ2) is 5.15.